The molecule has 134 valence electrons. The molecule has 0 aliphatic carbocycles. The number of carbonyl (C=O) groups is 1. The Morgan fingerprint density at radius 1 is 1.27 bits per heavy atom. The van der Waals surface area contributed by atoms with Gasteiger partial charge in [-0.05, 0) is 42.7 Å². The molecule has 0 saturated heterocycles. The molecule has 5 nitrogen and oxygen atoms in total. The van der Waals surface area contributed by atoms with Crippen molar-refractivity contribution < 1.29 is 4.79 Å². The number of carbonyl (C=O) groups excluding carboxylic acids is 1. The first-order valence-electron chi connectivity index (χ1n) is 8.25. The van der Waals surface area contributed by atoms with Gasteiger partial charge in [0.25, 0.3) is 0 Å². The molecule has 7 heteroatoms. The van der Waals surface area contributed by atoms with Gasteiger partial charge in [0.05, 0.1) is 22.2 Å². The summed E-state index contributed by atoms with van der Waals surface area (Å²) in [5, 5.41) is 12.2. The molecule has 0 aliphatic rings. The highest BCUT2D eigenvalue weighted by molar-refractivity contribution is 7.99. The maximum absolute atomic E-state index is 12.3. The largest absolute Gasteiger partial charge is 0.324 e. The average molecular weight is 387 g/mol. The monoisotopic (exact) mass is 386 g/mol. The summed E-state index contributed by atoms with van der Waals surface area (Å²) in [5.41, 5.74) is 3.89. The summed E-state index contributed by atoms with van der Waals surface area (Å²) in [5.74, 6) is 0.0797. The van der Waals surface area contributed by atoms with E-state index in [0.29, 0.717) is 15.9 Å². The smallest absolute Gasteiger partial charge is 0.234 e. The number of anilines is 1. The fourth-order valence-electron chi connectivity index (χ4n) is 2.57. The van der Waals surface area contributed by atoms with Gasteiger partial charge in [-0.15, -0.1) is 10.2 Å². The standard InChI is InChI=1S/C19H19ClN4OS/c1-3-14-6-4-5-7-17(14)24-12-21-23-19(24)26-11-18(25)22-16-9-8-13(2)10-15(16)20/h4-10,12H,3,11H2,1-2H3,(H,22,25). The number of thioether (sulfide) groups is 1. The van der Waals surface area contributed by atoms with Crippen LogP contribution >= 0.6 is 23.4 Å². The quantitative estimate of drug-likeness (QED) is 0.632. The van der Waals surface area contributed by atoms with Crippen molar-refractivity contribution in [2.75, 3.05) is 11.1 Å². The van der Waals surface area contributed by atoms with Crippen molar-refractivity contribution in [3.05, 3.63) is 64.9 Å². The zero-order valence-electron chi connectivity index (χ0n) is 14.6. The first-order valence-corrected chi connectivity index (χ1v) is 9.62. The van der Waals surface area contributed by atoms with Crippen LogP contribution in [0.5, 0.6) is 0 Å². The number of amides is 1. The summed E-state index contributed by atoms with van der Waals surface area (Å²) in [6, 6.07) is 13.6. The minimum Gasteiger partial charge on any atom is -0.324 e. The summed E-state index contributed by atoms with van der Waals surface area (Å²) < 4.78 is 1.91. The molecule has 0 bridgehead atoms. The predicted molar refractivity (Wildman–Crippen MR) is 106 cm³/mol. The van der Waals surface area contributed by atoms with E-state index in [4.69, 9.17) is 11.6 Å². The van der Waals surface area contributed by atoms with Crippen molar-refractivity contribution in [3.8, 4) is 5.69 Å². The van der Waals surface area contributed by atoms with Crippen LogP contribution in [0.4, 0.5) is 5.69 Å². The lowest BCUT2D eigenvalue weighted by molar-refractivity contribution is -0.113. The minimum absolute atomic E-state index is 0.140. The summed E-state index contributed by atoms with van der Waals surface area (Å²) in [7, 11) is 0. The Morgan fingerprint density at radius 3 is 2.85 bits per heavy atom. The number of halogens is 1. The molecule has 1 N–H and O–H groups in total. The Morgan fingerprint density at radius 2 is 2.08 bits per heavy atom. The van der Waals surface area contributed by atoms with E-state index in [1.807, 2.05) is 41.8 Å². The number of para-hydroxylation sites is 1. The Kier molecular flexibility index (Phi) is 5.96. The van der Waals surface area contributed by atoms with Crippen LogP contribution in [0.25, 0.3) is 5.69 Å². The van der Waals surface area contributed by atoms with Gasteiger partial charge in [0, 0.05) is 0 Å². The predicted octanol–water partition coefficient (Wildman–Crippen LogP) is 4.52. The molecule has 1 amide bonds. The molecule has 2 aromatic carbocycles. The van der Waals surface area contributed by atoms with Crippen molar-refractivity contribution in [2.45, 2.75) is 25.4 Å². The third-order valence-electron chi connectivity index (χ3n) is 3.88. The van der Waals surface area contributed by atoms with Crippen LogP contribution in [-0.4, -0.2) is 26.4 Å². The lowest BCUT2D eigenvalue weighted by atomic mass is 10.1. The Hall–Kier alpha value is -2.31. The number of rotatable bonds is 6. The van der Waals surface area contributed by atoms with E-state index >= 15 is 0 Å². The highest BCUT2D eigenvalue weighted by Gasteiger charge is 2.13. The molecule has 0 atom stereocenters. The third-order valence-corrected chi connectivity index (χ3v) is 5.14. The van der Waals surface area contributed by atoms with E-state index in [2.05, 4.69) is 28.5 Å². The molecule has 1 aromatic heterocycles. The summed E-state index contributed by atoms with van der Waals surface area (Å²) >= 11 is 7.50. The van der Waals surface area contributed by atoms with Crippen LogP contribution in [-0.2, 0) is 11.2 Å². The lowest BCUT2D eigenvalue weighted by Gasteiger charge is -2.11. The molecule has 0 saturated carbocycles. The zero-order chi connectivity index (χ0) is 18.5. The van der Waals surface area contributed by atoms with Gasteiger partial charge in [0.15, 0.2) is 5.16 Å². The first-order chi connectivity index (χ1) is 12.6. The van der Waals surface area contributed by atoms with Crippen LogP contribution < -0.4 is 5.32 Å². The van der Waals surface area contributed by atoms with Gasteiger partial charge in [-0.25, -0.2) is 0 Å². The van der Waals surface area contributed by atoms with E-state index in [1.54, 1.807) is 12.4 Å². The fraction of sp³-hybridized carbons (Fsp3) is 0.211. The molecule has 3 rings (SSSR count). The van der Waals surface area contributed by atoms with Crippen molar-refractivity contribution in [1.82, 2.24) is 14.8 Å². The van der Waals surface area contributed by atoms with E-state index in [1.165, 1.54) is 17.3 Å². The number of nitrogens with one attached hydrogen (secondary N) is 1. The maximum Gasteiger partial charge on any atom is 0.234 e. The maximum atomic E-state index is 12.3. The number of aryl methyl sites for hydroxylation is 2. The van der Waals surface area contributed by atoms with Crippen LogP contribution in [0.3, 0.4) is 0 Å². The Balaban J connectivity index is 1.69. The van der Waals surface area contributed by atoms with Gasteiger partial charge in [-0.2, -0.15) is 0 Å². The number of benzene rings is 2. The average Bonchev–Trinajstić information content (AvgIpc) is 3.10. The van der Waals surface area contributed by atoms with E-state index in [0.717, 1.165) is 17.7 Å². The number of aromatic nitrogens is 3. The second-order valence-corrected chi connectivity index (χ2v) is 7.14. The SMILES string of the molecule is CCc1ccccc1-n1cnnc1SCC(=O)Nc1ccc(C)cc1Cl. The van der Waals surface area contributed by atoms with E-state index in [9.17, 15) is 4.79 Å². The number of hydrogen-bond donors (Lipinski definition) is 1. The molecule has 0 unspecified atom stereocenters. The van der Waals surface area contributed by atoms with Crippen molar-refractivity contribution in [2.24, 2.45) is 0 Å². The van der Waals surface area contributed by atoms with Gasteiger partial charge in [-0.1, -0.05) is 54.6 Å². The number of hydrogen-bond acceptors (Lipinski definition) is 4. The van der Waals surface area contributed by atoms with E-state index in [-0.39, 0.29) is 11.7 Å². The summed E-state index contributed by atoms with van der Waals surface area (Å²) in [6.07, 6.45) is 2.58. The number of nitrogens with zero attached hydrogens (tertiary/aromatic N) is 3. The second-order valence-electron chi connectivity index (χ2n) is 5.79. The molecule has 1 heterocycles. The molecule has 3 aromatic rings. The van der Waals surface area contributed by atoms with Gasteiger partial charge in [0.2, 0.25) is 5.91 Å². The van der Waals surface area contributed by atoms with Gasteiger partial charge in [0.1, 0.15) is 6.33 Å². The van der Waals surface area contributed by atoms with Crippen molar-refractivity contribution in [1.29, 1.82) is 0 Å². The van der Waals surface area contributed by atoms with E-state index < -0.39 is 0 Å². The van der Waals surface area contributed by atoms with Gasteiger partial charge >= 0.3 is 0 Å². The molecule has 0 fully saturated rings. The Bertz CT molecular complexity index is 925. The first kappa shape index (κ1) is 18.5. The topological polar surface area (TPSA) is 59.8 Å². The normalized spacial score (nSPS) is 10.7. The van der Waals surface area contributed by atoms with Gasteiger partial charge < -0.3 is 5.32 Å². The highest BCUT2D eigenvalue weighted by Crippen LogP contribution is 2.25. The molecule has 26 heavy (non-hydrogen) atoms. The van der Waals surface area contributed by atoms with Crippen LogP contribution in [0.15, 0.2) is 53.9 Å². The minimum atomic E-state index is -0.140. The molecular formula is C19H19ClN4OS. The van der Waals surface area contributed by atoms with Crippen LogP contribution in [0.1, 0.15) is 18.1 Å². The summed E-state index contributed by atoms with van der Waals surface area (Å²) in [4.78, 5) is 12.3. The molecular weight excluding hydrogens is 368 g/mol. The summed E-state index contributed by atoms with van der Waals surface area (Å²) in [6.45, 7) is 4.06. The van der Waals surface area contributed by atoms with Crippen molar-refractivity contribution in [3.63, 3.8) is 0 Å². The Labute approximate surface area is 161 Å². The van der Waals surface area contributed by atoms with Gasteiger partial charge in [-0.3, -0.25) is 9.36 Å². The second kappa shape index (κ2) is 8.38. The molecule has 0 aliphatic heterocycles. The zero-order valence-corrected chi connectivity index (χ0v) is 16.1. The lowest BCUT2D eigenvalue weighted by Crippen LogP contribution is -2.15. The van der Waals surface area contributed by atoms with Crippen LogP contribution in [0.2, 0.25) is 5.02 Å². The van der Waals surface area contributed by atoms with Crippen molar-refractivity contribution >= 4 is 35.0 Å². The molecule has 0 radical (unpaired) electrons. The fourth-order valence-corrected chi connectivity index (χ4v) is 3.57. The van der Waals surface area contributed by atoms with Crippen LogP contribution in [0, 0.1) is 6.92 Å². The molecule has 0 spiro atoms. The third kappa shape index (κ3) is 4.26. The highest BCUT2D eigenvalue weighted by atomic mass is 35.5.